The van der Waals surface area contributed by atoms with E-state index < -0.39 is 0 Å². The number of rotatable bonds is 2. The van der Waals surface area contributed by atoms with Crippen LogP contribution >= 0.6 is 0 Å². The summed E-state index contributed by atoms with van der Waals surface area (Å²) in [5.41, 5.74) is 2.71. The number of hydrogen-bond donors (Lipinski definition) is 1. The number of hydrogen-bond acceptors (Lipinski definition) is 2. The van der Waals surface area contributed by atoms with Gasteiger partial charge in [-0.15, -0.1) is 0 Å². The zero-order valence-electron chi connectivity index (χ0n) is 15.3. The summed E-state index contributed by atoms with van der Waals surface area (Å²) in [5.74, 6) is -0.204. The van der Waals surface area contributed by atoms with Crippen LogP contribution in [-0.4, -0.2) is 11.3 Å². The Bertz CT molecular complexity index is 764. The minimum atomic E-state index is -0.378. The Morgan fingerprint density at radius 1 is 0.958 bits per heavy atom. The lowest BCUT2D eigenvalue weighted by atomic mass is 9.78. The van der Waals surface area contributed by atoms with E-state index in [1.54, 1.807) is 30.5 Å². The number of halogens is 1. The zero-order valence-corrected chi connectivity index (χ0v) is 15.3. The first-order chi connectivity index (χ1) is 11.0. The lowest BCUT2D eigenvalue weighted by Gasteiger charge is -2.27. The third-order valence-electron chi connectivity index (χ3n) is 4.02. The van der Waals surface area contributed by atoms with Crippen molar-refractivity contribution in [3.63, 3.8) is 0 Å². The highest BCUT2D eigenvalue weighted by Gasteiger charge is 2.24. The van der Waals surface area contributed by atoms with Gasteiger partial charge in [0.05, 0.1) is 5.69 Å². The first kappa shape index (κ1) is 18.2. The van der Waals surface area contributed by atoms with Gasteiger partial charge in [-0.1, -0.05) is 59.7 Å². The van der Waals surface area contributed by atoms with Crippen LogP contribution in [0.3, 0.4) is 0 Å². The lowest BCUT2D eigenvalue weighted by Crippen LogP contribution is -2.18. The van der Waals surface area contributed by atoms with E-state index in [0.717, 1.165) is 11.1 Å². The van der Waals surface area contributed by atoms with Crippen molar-refractivity contribution < 1.29 is 9.50 Å². The predicted molar refractivity (Wildman–Crippen MR) is 99.2 cm³/mol. The molecule has 2 aromatic carbocycles. The third-order valence-corrected chi connectivity index (χ3v) is 4.02. The molecule has 0 saturated carbocycles. The van der Waals surface area contributed by atoms with Gasteiger partial charge in [0.25, 0.3) is 0 Å². The highest BCUT2D eigenvalue weighted by atomic mass is 19.1. The molecule has 0 radical (unpaired) electrons. The summed E-state index contributed by atoms with van der Waals surface area (Å²) in [5, 5.41) is 10.6. The molecule has 1 N–H and O–H groups in total. The molecule has 0 bridgehead atoms. The second-order valence-electron chi connectivity index (χ2n) is 8.17. The summed E-state index contributed by atoms with van der Waals surface area (Å²) in [7, 11) is 0. The van der Waals surface area contributed by atoms with Crippen LogP contribution in [0.2, 0.25) is 0 Å². The molecular formula is C21H26FNO. The monoisotopic (exact) mass is 327 g/mol. The maximum atomic E-state index is 13.8. The SMILES string of the molecule is CC(C)(C)c1cc(O)c(C=Nc2ccccc2F)c(C(C)(C)C)c1. The van der Waals surface area contributed by atoms with E-state index in [1.807, 2.05) is 0 Å². The van der Waals surface area contributed by atoms with E-state index in [1.165, 1.54) is 6.07 Å². The first-order valence-corrected chi connectivity index (χ1v) is 8.17. The maximum Gasteiger partial charge on any atom is 0.148 e. The van der Waals surface area contributed by atoms with Crippen molar-refractivity contribution in [2.75, 3.05) is 0 Å². The average Bonchev–Trinajstić information content (AvgIpc) is 2.44. The van der Waals surface area contributed by atoms with Crippen LogP contribution in [0.5, 0.6) is 5.75 Å². The van der Waals surface area contributed by atoms with Crippen LogP contribution in [0, 0.1) is 5.82 Å². The second-order valence-corrected chi connectivity index (χ2v) is 8.17. The minimum Gasteiger partial charge on any atom is -0.507 e. The Morgan fingerprint density at radius 2 is 1.58 bits per heavy atom. The Labute approximate surface area is 144 Å². The molecule has 0 saturated heterocycles. The largest absolute Gasteiger partial charge is 0.507 e. The van der Waals surface area contributed by atoms with Crippen LogP contribution in [0.15, 0.2) is 41.4 Å². The number of aliphatic imine (C=N–C) groups is 1. The van der Waals surface area contributed by atoms with Crippen LogP contribution in [0.25, 0.3) is 0 Å². The molecule has 3 heteroatoms. The van der Waals surface area contributed by atoms with Gasteiger partial charge in [-0.25, -0.2) is 4.39 Å². The van der Waals surface area contributed by atoms with Crippen LogP contribution < -0.4 is 0 Å². The molecular weight excluding hydrogens is 301 g/mol. The molecule has 0 fully saturated rings. The van der Waals surface area contributed by atoms with E-state index in [2.05, 4.69) is 52.6 Å². The summed E-state index contributed by atoms with van der Waals surface area (Å²) in [6.45, 7) is 12.6. The van der Waals surface area contributed by atoms with E-state index in [9.17, 15) is 9.50 Å². The van der Waals surface area contributed by atoms with Crippen LogP contribution in [-0.2, 0) is 10.8 Å². The molecule has 2 nitrogen and oxygen atoms in total. The van der Waals surface area contributed by atoms with Gasteiger partial charge in [0.2, 0.25) is 0 Å². The number of phenols is 1. The van der Waals surface area contributed by atoms with E-state index >= 15 is 0 Å². The molecule has 0 aromatic heterocycles. The standard InChI is InChI=1S/C21H26FNO/c1-20(2,3)14-11-16(21(4,5)6)15(19(24)12-14)13-23-18-10-8-7-9-17(18)22/h7-13,24H,1-6H3. The summed E-state index contributed by atoms with van der Waals surface area (Å²) >= 11 is 0. The smallest absolute Gasteiger partial charge is 0.148 e. The van der Waals surface area contributed by atoms with Crippen molar-refractivity contribution >= 4 is 11.9 Å². The molecule has 0 spiro atoms. The van der Waals surface area contributed by atoms with Gasteiger partial charge in [0.1, 0.15) is 11.6 Å². The summed E-state index contributed by atoms with van der Waals surface area (Å²) in [6.07, 6.45) is 1.56. The van der Waals surface area contributed by atoms with Crippen molar-refractivity contribution in [3.05, 3.63) is 58.9 Å². The second kappa shape index (κ2) is 6.39. The topological polar surface area (TPSA) is 32.6 Å². The first-order valence-electron chi connectivity index (χ1n) is 8.17. The molecule has 0 aliphatic rings. The van der Waals surface area contributed by atoms with Gasteiger partial charge in [0.15, 0.2) is 0 Å². The molecule has 0 heterocycles. The van der Waals surface area contributed by atoms with Crippen molar-refractivity contribution in [3.8, 4) is 5.75 Å². The lowest BCUT2D eigenvalue weighted by molar-refractivity contribution is 0.464. The van der Waals surface area contributed by atoms with Crippen molar-refractivity contribution in [2.24, 2.45) is 4.99 Å². The maximum absolute atomic E-state index is 13.8. The predicted octanol–water partition coefficient (Wildman–Crippen LogP) is 5.88. The van der Waals surface area contributed by atoms with Crippen molar-refractivity contribution in [2.45, 2.75) is 52.4 Å². The summed E-state index contributed by atoms with van der Waals surface area (Å²) < 4.78 is 13.8. The zero-order chi connectivity index (χ0) is 18.1. The fourth-order valence-corrected chi connectivity index (χ4v) is 2.52. The van der Waals surface area contributed by atoms with Gasteiger partial charge in [-0.05, 0) is 40.2 Å². The normalized spacial score (nSPS) is 12.8. The molecule has 0 aliphatic carbocycles. The summed E-state index contributed by atoms with van der Waals surface area (Å²) in [4.78, 5) is 4.24. The van der Waals surface area contributed by atoms with Gasteiger partial charge in [-0.3, -0.25) is 4.99 Å². The molecule has 0 unspecified atom stereocenters. The van der Waals surface area contributed by atoms with Crippen molar-refractivity contribution in [1.29, 1.82) is 0 Å². The molecule has 0 atom stereocenters. The van der Waals surface area contributed by atoms with E-state index in [-0.39, 0.29) is 28.1 Å². The molecule has 2 aromatic rings. The Hall–Kier alpha value is -2.16. The molecule has 2 rings (SSSR count). The van der Waals surface area contributed by atoms with Crippen LogP contribution in [0.4, 0.5) is 10.1 Å². The van der Waals surface area contributed by atoms with Gasteiger partial charge >= 0.3 is 0 Å². The number of para-hydroxylation sites is 1. The Balaban J connectivity index is 2.59. The van der Waals surface area contributed by atoms with Gasteiger partial charge in [-0.2, -0.15) is 0 Å². The summed E-state index contributed by atoms with van der Waals surface area (Å²) in [6, 6.07) is 10.2. The molecule has 128 valence electrons. The highest BCUT2D eigenvalue weighted by molar-refractivity contribution is 5.88. The molecule has 0 amide bonds. The Morgan fingerprint density at radius 3 is 2.12 bits per heavy atom. The Kier molecular flexibility index (Phi) is 4.84. The van der Waals surface area contributed by atoms with Crippen LogP contribution in [0.1, 0.15) is 58.2 Å². The van der Waals surface area contributed by atoms with E-state index in [4.69, 9.17) is 0 Å². The highest BCUT2D eigenvalue weighted by Crippen LogP contribution is 2.36. The molecule has 0 aliphatic heterocycles. The fraction of sp³-hybridized carbons (Fsp3) is 0.381. The number of aromatic hydroxyl groups is 1. The number of benzene rings is 2. The quantitative estimate of drug-likeness (QED) is 0.687. The van der Waals surface area contributed by atoms with Gasteiger partial charge < -0.3 is 5.11 Å². The third kappa shape index (κ3) is 4.02. The fourth-order valence-electron chi connectivity index (χ4n) is 2.52. The van der Waals surface area contributed by atoms with E-state index in [0.29, 0.717) is 5.56 Å². The van der Waals surface area contributed by atoms with Crippen molar-refractivity contribution in [1.82, 2.24) is 0 Å². The average molecular weight is 327 g/mol. The van der Waals surface area contributed by atoms with Gasteiger partial charge in [0, 0.05) is 11.8 Å². The molecule has 24 heavy (non-hydrogen) atoms. The minimum absolute atomic E-state index is 0.0707. The number of nitrogens with zero attached hydrogens (tertiary/aromatic N) is 1. The number of phenolic OH excluding ortho intramolecular Hbond substituents is 1.